The van der Waals surface area contributed by atoms with Gasteiger partial charge < -0.3 is 10.1 Å². The van der Waals surface area contributed by atoms with Crippen molar-refractivity contribution in [3.05, 3.63) is 29.8 Å². The van der Waals surface area contributed by atoms with Crippen LogP contribution in [0, 0.1) is 0 Å². The molecule has 0 aliphatic heterocycles. The molecule has 0 amide bonds. The standard InChI is InChI=1S/C19H31NO/c1-19(2,3)15-11-13-16(14-12-15)21-18-10-8-6-5-7-9-17(18)20-4/h11-14,17-18,20H,5-10H2,1-4H3. The van der Waals surface area contributed by atoms with E-state index in [9.17, 15) is 0 Å². The van der Waals surface area contributed by atoms with E-state index in [0.717, 1.165) is 12.2 Å². The van der Waals surface area contributed by atoms with Crippen LogP contribution in [0.4, 0.5) is 0 Å². The Bertz CT molecular complexity index is 418. The van der Waals surface area contributed by atoms with Gasteiger partial charge in [-0.15, -0.1) is 0 Å². The normalized spacial score (nSPS) is 24.2. The fraction of sp³-hybridized carbons (Fsp3) is 0.684. The van der Waals surface area contributed by atoms with Gasteiger partial charge in [0.15, 0.2) is 0 Å². The molecular formula is C19H31NO. The summed E-state index contributed by atoms with van der Waals surface area (Å²) >= 11 is 0. The molecule has 2 heteroatoms. The Labute approximate surface area is 130 Å². The first-order valence-electron chi connectivity index (χ1n) is 8.45. The molecule has 0 spiro atoms. The van der Waals surface area contributed by atoms with Crippen molar-refractivity contribution in [2.45, 2.75) is 76.9 Å². The van der Waals surface area contributed by atoms with Crippen molar-refractivity contribution in [2.75, 3.05) is 7.05 Å². The lowest BCUT2D eigenvalue weighted by molar-refractivity contribution is 0.131. The Morgan fingerprint density at radius 2 is 1.57 bits per heavy atom. The maximum Gasteiger partial charge on any atom is 0.119 e. The van der Waals surface area contributed by atoms with Crippen LogP contribution in [0.3, 0.4) is 0 Å². The molecule has 2 atom stereocenters. The summed E-state index contributed by atoms with van der Waals surface area (Å²) in [6, 6.07) is 9.14. The van der Waals surface area contributed by atoms with Crippen LogP contribution in [0.5, 0.6) is 5.75 Å². The monoisotopic (exact) mass is 289 g/mol. The van der Waals surface area contributed by atoms with Crippen molar-refractivity contribution < 1.29 is 4.74 Å². The highest BCUT2D eigenvalue weighted by atomic mass is 16.5. The topological polar surface area (TPSA) is 21.3 Å². The van der Waals surface area contributed by atoms with Gasteiger partial charge in [0.05, 0.1) is 0 Å². The van der Waals surface area contributed by atoms with E-state index in [1.54, 1.807) is 0 Å². The molecule has 2 nitrogen and oxygen atoms in total. The summed E-state index contributed by atoms with van der Waals surface area (Å²) in [5.41, 5.74) is 1.56. The van der Waals surface area contributed by atoms with Gasteiger partial charge in [-0.2, -0.15) is 0 Å². The first-order chi connectivity index (χ1) is 10.0. The minimum absolute atomic E-state index is 0.201. The largest absolute Gasteiger partial charge is 0.489 e. The molecule has 1 fully saturated rings. The summed E-state index contributed by atoms with van der Waals surface area (Å²) in [6.07, 6.45) is 7.99. The lowest BCUT2D eigenvalue weighted by atomic mass is 9.87. The number of rotatable bonds is 3. The molecule has 2 rings (SSSR count). The predicted molar refractivity (Wildman–Crippen MR) is 90.1 cm³/mol. The zero-order chi connectivity index (χ0) is 15.3. The molecule has 0 radical (unpaired) electrons. The van der Waals surface area contributed by atoms with E-state index >= 15 is 0 Å². The molecule has 0 aromatic heterocycles. The highest BCUT2D eigenvalue weighted by Gasteiger charge is 2.23. The predicted octanol–water partition coefficient (Wildman–Crippen LogP) is 4.67. The fourth-order valence-electron chi connectivity index (χ4n) is 3.13. The third-order valence-corrected chi connectivity index (χ3v) is 4.58. The molecule has 1 aromatic carbocycles. The fourth-order valence-corrected chi connectivity index (χ4v) is 3.13. The van der Waals surface area contributed by atoms with Gasteiger partial charge in [0.1, 0.15) is 11.9 Å². The highest BCUT2D eigenvalue weighted by molar-refractivity contribution is 5.31. The Balaban J connectivity index is 2.04. The number of benzene rings is 1. The maximum absolute atomic E-state index is 6.30. The van der Waals surface area contributed by atoms with Crippen molar-refractivity contribution in [3.63, 3.8) is 0 Å². The first kappa shape index (κ1) is 16.4. The molecule has 0 saturated heterocycles. The molecule has 1 aliphatic carbocycles. The number of hydrogen-bond donors (Lipinski definition) is 1. The van der Waals surface area contributed by atoms with Gasteiger partial charge in [-0.1, -0.05) is 52.2 Å². The third-order valence-electron chi connectivity index (χ3n) is 4.58. The first-order valence-corrected chi connectivity index (χ1v) is 8.45. The third kappa shape index (κ3) is 4.74. The van der Waals surface area contributed by atoms with Crippen LogP contribution in [0.15, 0.2) is 24.3 Å². The average Bonchev–Trinajstić information content (AvgIpc) is 2.42. The van der Waals surface area contributed by atoms with Gasteiger partial charge in [-0.05, 0) is 49.4 Å². The second-order valence-corrected chi connectivity index (χ2v) is 7.32. The van der Waals surface area contributed by atoms with Crippen LogP contribution in [-0.4, -0.2) is 19.2 Å². The molecule has 1 saturated carbocycles. The van der Waals surface area contributed by atoms with Crippen LogP contribution in [0.25, 0.3) is 0 Å². The summed E-state index contributed by atoms with van der Waals surface area (Å²) in [6.45, 7) is 6.73. The van der Waals surface area contributed by atoms with Crippen molar-refractivity contribution in [2.24, 2.45) is 0 Å². The zero-order valence-electron chi connectivity index (χ0n) is 14.1. The van der Waals surface area contributed by atoms with Crippen molar-refractivity contribution in [1.82, 2.24) is 5.32 Å². The van der Waals surface area contributed by atoms with Crippen LogP contribution in [-0.2, 0) is 5.41 Å². The van der Waals surface area contributed by atoms with Crippen molar-refractivity contribution in [1.29, 1.82) is 0 Å². The van der Waals surface area contributed by atoms with E-state index in [0.29, 0.717) is 12.1 Å². The molecule has 118 valence electrons. The van der Waals surface area contributed by atoms with Crippen LogP contribution >= 0.6 is 0 Å². The van der Waals surface area contributed by atoms with E-state index in [1.165, 1.54) is 37.7 Å². The Morgan fingerprint density at radius 1 is 0.952 bits per heavy atom. The molecule has 1 N–H and O–H groups in total. The van der Waals surface area contributed by atoms with Gasteiger partial charge in [-0.3, -0.25) is 0 Å². The van der Waals surface area contributed by atoms with E-state index < -0.39 is 0 Å². The van der Waals surface area contributed by atoms with Crippen LogP contribution in [0.2, 0.25) is 0 Å². The lowest BCUT2D eigenvalue weighted by Crippen LogP contribution is -2.41. The molecule has 21 heavy (non-hydrogen) atoms. The van der Waals surface area contributed by atoms with Crippen LogP contribution in [0.1, 0.15) is 64.9 Å². The Hall–Kier alpha value is -1.02. The Morgan fingerprint density at radius 3 is 2.14 bits per heavy atom. The summed E-state index contributed by atoms with van der Waals surface area (Å²) in [7, 11) is 2.06. The van der Waals surface area contributed by atoms with Gasteiger partial charge in [0.2, 0.25) is 0 Å². The zero-order valence-corrected chi connectivity index (χ0v) is 14.1. The van der Waals surface area contributed by atoms with Crippen molar-refractivity contribution in [3.8, 4) is 5.75 Å². The van der Waals surface area contributed by atoms with E-state index in [2.05, 4.69) is 57.4 Å². The SMILES string of the molecule is CNC1CCCCCCC1Oc1ccc(C(C)(C)C)cc1. The minimum atomic E-state index is 0.201. The molecule has 0 bridgehead atoms. The molecule has 2 unspecified atom stereocenters. The van der Waals surface area contributed by atoms with Crippen LogP contribution < -0.4 is 10.1 Å². The number of ether oxygens (including phenoxy) is 1. The number of hydrogen-bond acceptors (Lipinski definition) is 2. The molecule has 0 heterocycles. The van der Waals surface area contributed by atoms with Gasteiger partial charge in [0.25, 0.3) is 0 Å². The summed E-state index contributed by atoms with van der Waals surface area (Å²) in [5, 5.41) is 3.45. The maximum atomic E-state index is 6.30. The average molecular weight is 289 g/mol. The number of nitrogens with one attached hydrogen (secondary N) is 1. The molecule has 1 aromatic rings. The van der Waals surface area contributed by atoms with E-state index in [4.69, 9.17) is 4.74 Å². The smallest absolute Gasteiger partial charge is 0.119 e. The summed E-state index contributed by atoms with van der Waals surface area (Å²) in [4.78, 5) is 0. The van der Waals surface area contributed by atoms with Gasteiger partial charge >= 0.3 is 0 Å². The number of likely N-dealkylation sites (N-methyl/N-ethyl adjacent to an activating group) is 1. The van der Waals surface area contributed by atoms with Gasteiger partial charge in [-0.25, -0.2) is 0 Å². The second kappa shape index (κ2) is 7.31. The quantitative estimate of drug-likeness (QED) is 0.873. The Kier molecular flexibility index (Phi) is 5.69. The summed E-state index contributed by atoms with van der Waals surface area (Å²) in [5.74, 6) is 1.01. The molecular weight excluding hydrogens is 258 g/mol. The second-order valence-electron chi connectivity index (χ2n) is 7.32. The minimum Gasteiger partial charge on any atom is -0.489 e. The van der Waals surface area contributed by atoms with E-state index in [-0.39, 0.29) is 5.41 Å². The van der Waals surface area contributed by atoms with Crippen molar-refractivity contribution >= 4 is 0 Å². The lowest BCUT2D eigenvalue weighted by Gasteiger charge is -2.30. The summed E-state index contributed by atoms with van der Waals surface area (Å²) < 4.78 is 6.30. The molecule has 1 aliphatic rings. The van der Waals surface area contributed by atoms with E-state index in [1.807, 2.05) is 0 Å². The highest BCUT2D eigenvalue weighted by Crippen LogP contribution is 2.27. The van der Waals surface area contributed by atoms with Gasteiger partial charge in [0, 0.05) is 6.04 Å².